The summed E-state index contributed by atoms with van der Waals surface area (Å²) in [6.07, 6.45) is 0. The molecule has 0 aliphatic heterocycles. The highest BCUT2D eigenvalue weighted by molar-refractivity contribution is 14.1. The van der Waals surface area contributed by atoms with Gasteiger partial charge in [-0.15, -0.1) is 0 Å². The smallest absolute Gasteiger partial charge is 0.243 e. The van der Waals surface area contributed by atoms with Crippen LogP contribution in [-0.4, -0.2) is 12.5 Å². The second kappa shape index (κ2) is 7.33. The maximum absolute atomic E-state index is 12.0. The van der Waals surface area contributed by atoms with Crippen molar-refractivity contribution in [1.29, 1.82) is 0 Å². The molecular weight excluding hydrogens is 422 g/mol. The van der Waals surface area contributed by atoms with Crippen LogP contribution < -0.4 is 10.6 Å². The molecule has 0 atom stereocenters. The lowest BCUT2D eigenvalue weighted by Crippen LogP contribution is -2.22. The topological polar surface area (TPSA) is 41.1 Å². The number of carbonyl (C=O) groups excluding carboxylic acids is 1. The molecule has 0 bridgehead atoms. The lowest BCUT2D eigenvalue weighted by molar-refractivity contribution is -0.114. The van der Waals surface area contributed by atoms with E-state index in [1.54, 1.807) is 12.1 Å². The Morgan fingerprint density at radius 1 is 1.14 bits per heavy atom. The van der Waals surface area contributed by atoms with Gasteiger partial charge >= 0.3 is 0 Å². The summed E-state index contributed by atoms with van der Waals surface area (Å²) < 4.78 is 1.04. The van der Waals surface area contributed by atoms with Crippen LogP contribution in [0, 0.1) is 10.5 Å². The summed E-state index contributed by atoms with van der Waals surface area (Å²) in [6.45, 7) is 2.04. The first-order valence-corrected chi connectivity index (χ1v) is 8.04. The first-order valence-electron chi connectivity index (χ1n) is 6.20. The molecule has 2 N–H and O–H groups in total. The first kappa shape index (κ1) is 16.4. The van der Waals surface area contributed by atoms with Crippen LogP contribution >= 0.6 is 45.8 Å². The number of benzene rings is 2. The number of hydrogen-bond donors (Lipinski definition) is 2. The Bertz CT molecular complexity index is 677. The van der Waals surface area contributed by atoms with Gasteiger partial charge < -0.3 is 10.6 Å². The van der Waals surface area contributed by atoms with Gasteiger partial charge in [-0.25, -0.2) is 0 Å². The maximum Gasteiger partial charge on any atom is 0.243 e. The Kier molecular flexibility index (Phi) is 5.72. The molecule has 3 nitrogen and oxygen atoms in total. The van der Waals surface area contributed by atoms with Gasteiger partial charge in [0.15, 0.2) is 0 Å². The van der Waals surface area contributed by atoms with Crippen LogP contribution in [0.1, 0.15) is 5.56 Å². The maximum atomic E-state index is 12.0. The third-order valence-corrected chi connectivity index (χ3v) is 4.06. The molecule has 2 rings (SSSR count). The molecule has 0 radical (unpaired) electrons. The van der Waals surface area contributed by atoms with Gasteiger partial charge in [-0.1, -0.05) is 29.3 Å². The van der Waals surface area contributed by atoms with E-state index >= 15 is 0 Å². The Morgan fingerprint density at radius 2 is 1.90 bits per heavy atom. The van der Waals surface area contributed by atoms with E-state index in [4.69, 9.17) is 23.2 Å². The van der Waals surface area contributed by atoms with Crippen molar-refractivity contribution in [3.63, 3.8) is 0 Å². The molecule has 2 aromatic rings. The van der Waals surface area contributed by atoms with Gasteiger partial charge in [-0.05, 0) is 65.4 Å². The number of aryl methyl sites for hydroxylation is 1. The number of carbonyl (C=O) groups is 1. The largest absolute Gasteiger partial charge is 0.375 e. The fraction of sp³-hybridized carbons (Fsp3) is 0.133. The van der Waals surface area contributed by atoms with Crippen molar-refractivity contribution in [2.45, 2.75) is 6.92 Å². The second-order valence-electron chi connectivity index (χ2n) is 4.49. The normalized spacial score (nSPS) is 10.3. The van der Waals surface area contributed by atoms with E-state index in [9.17, 15) is 4.79 Å². The third kappa shape index (κ3) is 4.76. The molecule has 0 saturated heterocycles. The van der Waals surface area contributed by atoms with Crippen LogP contribution in [0.25, 0.3) is 0 Å². The SMILES string of the molecule is Cc1ccc(Cl)cc1NC(=O)CNc1ccc(I)cc1Cl. The minimum Gasteiger partial charge on any atom is -0.375 e. The quantitative estimate of drug-likeness (QED) is 0.668. The molecule has 0 saturated carbocycles. The highest BCUT2D eigenvalue weighted by Gasteiger charge is 2.07. The van der Waals surface area contributed by atoms with Crippen LogP contribution in [-0.2, 0) is 4.79 Å². The van der Waals surface area contributed by atoms with Gasteiger partial charge in [0.05, 0.1) is 17.3 Å². The number of halogens is 3. The molecule has 0 aromatic heterocycles. The predicted octanol–water partition coefficient (Wildman–Crippen LogP) is 4.96. The summed E-state index contributed by atoms with van der Waals surface area (Å²) in [4.78, 5) is 12.0. The highest BCUT2D eigenvalue weighted by Crippen LogP contribution is 2.24. The minimum absolute atomic E-state index is 0.131. The summed E-state index contributed by atoms with van der Waals surface area (Å²) in [5, 5.41) is 7.01. The molecule has 0 aliphatic carbocycles. The molecular formula is C15H13Cl2IN2O. The Morgan fingerprint density at radius 3 is 2.62 bits per heavy atom. The van der Waals surface area contributed by atoms with Crippen LogP contribution in [0.4, 0.5) is 11.4 Å². The molecule has 6 heteroatoms. The molecule has 21 heavy (non-hydrogen) atoms. The van der Waals surface area contributed by atoms with Crippen molar-refractivity contribution >= 4 is 63.1 Å². The van der Waals surface area contributed by atoms with Gasteiger partial charge in [0.2, 0.25) is 5.91 Å². The molecule has 0 heterocycles. The molecule has 0 spiro atoms. The van der Waals surface area contributed by atoms with Gasteiger partial charge in [0.1, 0.15) is 0 Å². The van der Waals surface area contributed by atoms with Crippen LogP contribution in [0.5, 0.6) is 0 Å². The minimum atomic E-state index is -0.157. The summed E-state index contributed by atoms with van der Waals surface area (Å²) in [7, 11) is 0. The second-order valence-corrected chi connectivity index (χ2v) is 6.57. The summed E-state index contributed by atoms with van der Waals surface area (Å²) in [5.41, 5.74) is 2.40. The van der Waals surface area contributed by atoms with Crippen molar-refractivity contribution in [1.82, 2.24) is 0 Å². The van der Waals surface area contributed by atoms with E-state index in [0.717, 1.165) is 14.8 Å². The fourth-order valence-electron chi connectivity index (χ4n) is 1.73. The van der Waals surface area contributed by atoms with E-state index in [-0.39, 0.29) is 12.5 Å². The first-order chi connectivity index (χ1) is 9.95. The lowest BCUT2D eigenvalue weighted by atomic mass is 10.2. The van der Waals surface area contributed by atoms with E-state index < -0.39 is 0 Å². The van der Waals surface area contributed by atoms with E-state index in [1.807, 2.05) is 31.2 Å². The fourth-order valence-corrected chi connectivity index (χ4v) is 2.83. The molecule has 110 valence electrons. The number of hydrogen-bond acceptors (Lipinski definition) is 2. The zero-order valence-electron chi connectivity index (χ0n) is 11.2. The average Bonchev–Trinajstić information content (AvgIpc) is 2.42. The van der Waals surface area contributed by atoms with Crippen molar-refractivity contribution in [3.05, 3.63) is 55.6 Å². The van der Waals surface area contributed by atoms with E-state index in [1.165, 1.54) is 0 Å². The molecule has 0 unspecified atom stereocenters. The predicted molar refractivity (Wildman–Crippen MR) is 97.5 cm³/mol. The number of amides is 1. The van der Waals surface area contributed by atoms with Crippen molar-refractivity contribution < 1.29 is 4.79 Å². The zero-order chi connectivity index (χ0) is 15.4. The van der Waals surface area contributed by atoms with Crippen molar-refractivity contribution in [2.75, 3.05) is 17.2 Å². The van der Waals surface area contributed by atoms with Crippen LogP contribution in [0.3, 0.4) is 0 Å². The van der Waals surface area contributed by atoms with Gasteiger partial charge in [0, 0.05) is 14.3 Å². The molecule has 0 fully saturated rings. The average molecular weight is 435 g/mol. The highest BCUT2D eigenvalue weighted by atomic mass is 127. The van der Waals surface area contributed by atoms with E-state index in [0.29, 0.717) is 15.7 Å². The Balaban J connectivity index is 1.97. The van der Waals surface area contributed by atoms with Gasteiger partial charge in [0.25, 0.3) is 0 Å². The number of nitrogens with one attached hydrogen (secondary N) is 2. The summed E-state index contributed by atoms with van der Waals surface area (Å²) >= 11 is 14.2. The van der Waals surface area contributed by atoms with Crippen molar-refractivity contribution in [2.24, 2.45) is 0 Å². The third-order valence-electron chi connectivity index (χ3n) is 2.84. The summed E-state index contributed by atoms with van der Waals surface area (Å²) in [5.74, 6) is -0.157. The lowest BCUT2D eigenvalue weighted by Gasteiger charge is -2.11. The Labute approximate surface area is 147 Å². The molecule has 2 aromatic carbocycles. The van der Waals surface area contributed by atoms with Crippen LogP contribution in [0.15, 0.2) is 36.4 Å². The summed E-state index contributed by atoms with van der Waals surface area (Å²) in [6, 6.07) is 11.0. The Hall–Kier alpha value is -0.980. The zero-order valence-corrected chi connectivity index (χ0v) is 14.9. The standard InChI is InChI=1S/C15H13Cl2IN2O/c1-9-2-3-10(16)6-14(9)20-15(21)8-19-13-5-4-11(18)7-12(13)17/h2-7,19H,8H2,1H3,(H,20,21). The molecule has 1 amide bonds. The van der Waals surface area contributed by atoms with Gasteiger partial charge in [-0.3, -0.25) is 4.79 Å². The number of rotatable bonds is 4. The number of anilines is 2. The van der Waals surface area contributed by atoms with Gasteiger partial charge in [-0.2, -0.15) is 0 Å². The van der Waals surface area contributed by atoms with Crippen LogP contribution in [0.2, 0.25) is 10.0 Å². The van der Waals surface area contributed by atoms with E-state index in [2.05, 4.69) is 33.2 Å². The van der Waals surface area contributed by atoms with Crippen molar-refractivity contribution in [3.8, 4) is 0 Å². The monoisotopic (exact) mass is 434 g/mol. The molecule has 0 aliphatic rings.